The van der Waals surface area contributed by atoms with Gasteiger partial charge in [0, 0.05) is 4.88 Å². The van der Waals surface area contributed by atoms with E-state index in [-0.39, 0.29) is 0 Å². The number of hydrogen-bond donors (Lipinski definition) is 1. The Morgan fingerprint density at radius 2 is 2.22 bits per heavy atom. The number of thiazole rings is 1. The highest BCUT2D eigenvalue weighted by Gasteiger charge is 2.15. The fourth-order valence-electron chi connectivity index (χ4n) is 2.50. The zero-order valence-electron chi connectivity index (χ0n) is 12.7. The molecule has 5 nitrogen and oxygen atoms in total. The third-order valence-electron chi connectivity index (χ3n) is 3.57. The number of benzene rings is 1. The smallest absolute Gasteiger partial charge is 0.341 e. The number of ether oxygens (including phenoxy) is 2. The number of aromatic nitrogens is 1. The summed E-state index contributed by atoms with van der Waals surface area (Å²) in [7, 11) is 1.53. The number of fused-ring (bicyclic) bond motifs is 1. The second-order valence-electron chi connectivity index (χ2n) is 5.20. The molecule has 0 bridgehead atoms. The van der Waals surface area contributed by atoms with Crippen LogP contribution in [0.2, 0.25) is 0 Å². The van der Waals surface area contributed by atoms with Gasteiger partial charge in [0.05, 0.1) is 12.8 Å². The second-order valence-corrected chi connectivity index (χ2v) is 6.32. The Balaban J connectivity index is 1.74. The summed E-state index contributed by atoms with van der Waals surface area (Å²) in [5.41, 5.74) is 2.18. The first-order valence-electron chi connectivity index (χ1n) is 7.35. The molecule has 0 aliphatic heterocycles. The van der Waals surface area contributed by atoms with Gasteiger partial charge in [-0.15, -0.1) is 11.3 Å². The highest BCUT2D eigenvalue weighted by molar-refractivity contribution is 7.12. The Morgan fingerprint density at radius 3 is 2.96 bits per heavy atom. The van der Waals surface area contributed by atoms with Crippen LogP contribution in [0.3, 0.4) is 0 Å². The molecule has 3 rings (SSSR count). The summed E-state index contributed by atoms with van der Waals surface area (Å²) in [6, 6.07) is 5.38. The molecule has 6 heteroatoms. The molecule has 0 fully saturated rings. The van der Waals surface area contributed by atoms with Gasteiger partial charge in [-0.25, -0.2) is 9.78 Å². The van der Waals surface area contributed by atoms with Gasteiger partial charge in [-0.1, -0.05) is 12.1 Å². The molecular formula is C17H17NO4S. The molecule has 0 saturated heterocycles. The van der Waals surface area contributed by atoms with E-state index in [2.05, 4.69) is 4.98 Å². The standard InChI is InChI=1S/C17H17NO4S/c1-21-14-9-11(5-7-13(14)22-10-17(19)20)6-8-16-18-12-3-2-4-15(12)23-16/h5-9H,2-4,10H2,1H3,(H,19,20)/b8-6+. The summed E-state index contributed by atoms with van der Waals surface area (Å²) in [5, 5.41) is 9.68. The summed E-state index contributed by atoms with van der Waals surface area (Å²) in [5.74, 6) is -0.0943. The van der Waals surface area contributed by atoms with Crippen molar-refractivity contribution in [2.24, 2.45) is 0 Å². The van der Waals surface area contributed by atoms with Crippen LogP contribution in [0.4, 0.5) is 0 Å². The summed E-state index contributed by atoms with van der Waals surface area (Å²) >= 11 is 1.75. The molecule has 0 amide bonds. The Morgan fingerprint density at radius 1 is 1.35 bits per heavy atom. The van der Waals surface area contributed by atoms with E-state index in [1.54, 1.807) is 17.4 Å². The molecule has 1 aliphatic rings. The third-order valence-corrected chi connectivity index (χ3v) is 4.69. The van der Waals surface area contributed by atoms with Crippen molar-refractivity contribution in [2.45, 2.75) is 19.3 Å². The first-order valence-corrected chi connectivity index (χ1v) is 8.16. The van der Waals surface area contributed by atoms with E-state index in [9.17, 15) is 4.79 Å². The monoisotopic (exact) mass is 331 g/mol. The lowest BCUT2D eigenvalue weighted by atomic mass is 10.2. The van der Waals surface area contributed by atoms with Crippen LogP contribution >= 0.6 is 11.3 Å². The maximum atomic E-state index is 10.6. The molecule has 2 aromatic rings. The summed E-state index contributed by atoms with van der Waals surface area (Å²) in [6.07, 6.45) is 7.41. The number of aryl methyl sites for hydroxylation is 2. The van der Waals surface area contributed by atoms with Crippen molar-refractivity contribution in [3.63, 3.8) is 0 Å². The van der Waals surface area contributed by atoms with Gasteiger partial charge in [0.2, 0.25) is 0 Å². The Kier molecular flexibility index (Phi) is 4.62. The molecule has 0 saturated carbocycles. The highest BCUT2D eigenvalue weighted by Crippen LogP contribution is 2.30. The van der Waals surface area contributed by atoms with Crippen LogP contribution in [0.5, 0.6) is 11.5 Å². The maximum Gasteiger partial charge on any atom is 0.341 e. The molecule has 120 valence electrons. The molecule has 1 aliphatic carbocycles. The van der Waals surface area contributed by atoms with Crippen LogP contribution in [0.1, 0.15) is 27.6 Å². The van der Waals surface area contributed by atoms with Gasteiger partial charge in [0.15, 0.2) is 18.1 Å². The number of nitrogens with zero attached hydrogens (tertiary/aromatic N) is 1. The van der Waals surface area contributed by atoms with Crippen LogP contribution < -0.4 is 9.47 Å². The highest BCUT2D eigenvalue weighted by atomic mass is 32.1. The van der Waals surface area contributed by atoms with Crippen molar-refractivity contribution >= 4 is 29.5 Å². The van der Waals surface area contributed by atoms with Crippen molar-refractivity contribution < 1.29 is 19.4 Å². The molecule has 0 atom stereocenters. The molecule has 0 radical (unpaired) electrons. The fraction of sp³-hybridized carbons (Fsp3) is 0.294. The molecular weight excluding hydrogens is 314 g/mol. The third kappa shape index (κ3) is 3.71. The molecule has 1 heterocycles. The zero-order chi connectivity index (χ0) is 16.2. The van der Waals surface area contributed by atoms with Crippen molar-refractivity contribution in [2.75, 3.05) is 13.7 Å². The number of carboxylic acids is 1. The molecule has 0 spiro atoms. The maximum absolute atomic E-state index is 10.6. The van der Waals surface area contributed by atoms with Gasteiger partial charge in [-0.3, -0.25) is 0 Å². The zero-order valence-corrected chi connectivity index (χ0v) is 13.6. The first-order chi connectivity index (χ1) is 11.2. The minimum absolute atomic E-state index is 0.393. The van der Waals surface area contributed by atoms with E-state index in [1.165, 1.54) is 24.1 Å². The van der Waals surface area contributed by atoms with Crippen molar-refractivity contribution in [3.05, 3.63) is 39.3 Å². The SMILES string of the molecule is COc1cc(/C=C/c2nc3c(s2)CCC3)ccc1OCC(=O)O. The van der Waals surface area contributed by atoms with E-state index in [4.69, 9.17) is 14.6 Å². The number of methoxy groups -OCH3 is 1. The lowest BCUT2D eigenvalue weighted by Gasteiger charge is -2.09. The van der Waals surface area contributed by atoms with Gasteiger partial charge in [0.1, 0.15) is 5.01 Å². The van der Waals surface area contributed by atoms with E-state index in [0.717, 1.165) is 23.4 Å². The lowest BCUT2D eigenvalue weighted by Crippen LogP contribution is -2.10. The topological polar surface area (TPSA) is 68.7 Å². The van der Waals surface area contributed by atoms with Crippen LogP contribution in [-0.4, -0.2) is 29.8 Å². The van der Waals surface area contributed by atoms with Gasteiger partial charge in [0.25, 0.3) is 0 Å². The summed E-state index contributed by atoms with van der Waals surface area (Å²) < 4.78 is 10.4. The molecule has 1 aromatic heterocycles. The molecule has 1 N–H and O–H groups in total. The van der Waals surface area contributed by atoms with Crippen molar-refractivity contribution in [3.8, 4) is 11.5 Å². The minimum Gasteiger partial charge on any atom is -0.493 e. The number of aliphatic carboxylic acids is 1. The Labute approximate surface area is 138 Å². The Hall–Kier alpha value is -2.34. The minimum atomic E-state index is -1.02. The number of hydrogen-bond acceptors (Lipinski definition) is 5. The molecule has 0 unspecified atom stereocenters. The second kappa shape index (κ2) is 6.83. The van der Waals surface area contributed by atoms with Gasteiger partial charge in [-0.05, 0) is 43.0 Å². The lowest BCUT2D eigenvalue weighted by molar-refractivity contribution is -0.139. The fourth-order valence-corrected chi connectivity index (χ4v) is 3.55. The Bertz CT molecular complexity index is 730. The van der Waals surface area contributed by atoms with Gasteiger partial charge < -0.3 is 14.6 Å². The predicted molar refractivity (Wildman–Crippen MR) is 89.2 cm³/mol. The van der Waals surface area contributed by atoms with Gasteiger partial charge >= 0.3 is 5.97 Å². The average molecular weight is 331 g/mol. The van der Waals surface area contributed by atoms with Crippen molar-refractivity contribution in [1.82, 2.24) is 4.98 Å². The van der Waals surface area contributed by atoms with Crippen LogP contribution in [0.15, 0.2) is 18.2 Å². The van der Waals surface area contributed by atoms with E-state index in [1.807, 2.05) is 24.3 Å². The normalized spacial score (nSPS) is 13.3. The first kappa shape index (κ1) is 15.6. The van der Waals surface area contributed by atoms with Gasteiger partial charge in [-0.2, -0.15) is 0 Å². The number of carboxylic acid groups (broad SMARTS) is 1. The van der Waals surface area contributed by atoms with Crippen LogP contribution in [-0.2, 0) is 17.6 Å². The predicted octanol–water partition coefficient (Wildman–Crippen LogP) is 3.27. The number of carbonyl (C=O) groups is 1. The molecule has 23 heavy (non-hydrogen) atoms. The van der Waals surface area contributed by atoms with Crippen LogP contribution in [0, 0.1) is 0 Å². The summed E-state index contributed by atoms with van der Waals surface area (Å²) in [6.45, 7) is -0.393. The quantitative estimate of drug-likeness (QED) is 0.880. The van der Waals surface area contributed by atoms with Crippen molar-refractivity contribution in [1.29, 1.82) is 0 Å². The average Bonchev–Trinajstić information content (AvgIpc) is 3.12. The van der Waals surface area contributed by atoms with E-state index in [0.29, 0.717) is 11.5 Å². The van der Waals surface area contributed by atoms with Crippen LogP contribution in [0.25, 0.3) is 12.2 Å². The number of rotatable bonds is 6. The molecule has 1 aromatic carbocycles. The van der Waals surface area contributed by atoms with E-state index >= 15 is 0 Å². The van der Waals surface area contributed by atoms with E-state index < -0.39 is 12.6 Å². The summed E-state index contributed by atoms with van der Waals surface area (Å²) in [4.78, 5) is 16.6. The largest absolute Gasteiger partial charge is 0.493 e.